The van der Waals surface area contributed by atoms with Gasteiger partial charge in [-0.2, -0.15) is 0 Å². The van der Waals surface area contributed by atoms with Crippen molar-refractivity contribution in [3.05, 3.63) is 48.0 Å². The first kappa shape index (κ1) is 11.7. The molecule has 2 nitrogen and oxygen atoms in total. The van der Waals surface area contributed by atoms with Gasteiger partial charge in [0.05, 0.1) is 7.11 Å². The Kier molecular flexibility index (Phi) is 3.45. The summed E-state index contributed by atoms with van der Waals surface area (Å²) in [6, 6.07) is 11.8. The second-order valence-corrected chi connectivity index (χ2v) is 3.91. The van der Waals surface area contributed by atoms with E-state index in [1.54, 1.807) is 13.2 Å². The Balaban J connectivity index is 2.67. The normalized spacial score (nSPS) is 10.9. The second-order valence-electron chi connectivity index (χ2n) is 3.54. The second kappa shape index (κ2) is 5.02. The van der Waals surface area contributed by atoms with Gasteiger partial charge in [-0.15, -0.1) is 0 Å². The predicted molar refractivity (Wildman–Crippen MR) is 70.4 cm³/mol. The number of allylic oxidation sites excluding steroid dienone is 1. The molecule has 0 bridgehead atoms. The first-order valence-electron chi connectivity index (χ1n) is 5.15. The molecule has 86 valence electrons. The molecular weight excluding hydrogens is 236 g/mol. The maximum absolute atomic E-state index is 10.8. The SMILES string of the molecule is COc1ccc2ccccc2c1/C=C/C(=O)Cl. The number of ether oxygens (including phenoxy) is 1. The Morgan fingerprint density at radius 1 is 1.24 bits per heavy atom. The lowest BCUT2D eigenvalue weighted by Crippen LogP contribution is -1.89. The van der Waals surface area contributed by atoms with Gasteiger partial charge in [-0.05, 0) is 40.6 Å². The molecule has 2 rings (SSSR count). The third kappa shape index (κ3) is 2.48. The van der Waals surface area contributed by atoms with Gasteiger partial charge in [-0.25, -0.2) is 0 Å². The molecule has 0 amide bonds. The quantitative estimate of drug-likeness (QED) is 0.611. The summed E-state index contributed by atoms with van der Waals surface area (Å²) >= 11 is 5.31. The van der Waals surface area contributed by atoms with Gasteiger partial charge in [0.25, 0.3) is 0 Å². The fraction of sp³-hybridized carbons (Fsp3) is 0.0714. The summed E-state index contributed by atoms with van der Waals surface area (Å²) in [5.41, 5.74) is 0.861. The molecule has 2 aromatic rings. The van der Waals surface area contributed by atoms with E-state index in [2.05, 4.69) is 0 Å². The van der Waals surface area contributed by atoms with Crippen LogP contribution in [-0.2, 0) is 4.79 Å². The number of hydrogen-bond acceptors (Lipinski definition) is 2. The van der Waals surface area contributed by atoms with Gasteiger partial charge in [-0.3, -0.25) is 4.79 Å². The van der Waals surface area contributed by atoms with Crippen LogP contribution in [0.4, 0.5) is 0 Å². The number of benzene rings is 2. The average molecular weight is 247 g/mol. The van der Waals surface area contributed by atoms with E-state index in [-0.39, 0.29) is 0 Å². The molecule has 0 radical (unpaired) electrons. The van der Waals surface area contributed by atoms with Crippen LogP contribution in [0.25, 0.3) is 16.8 Å². The lowest BCUT2D eigenvalue weighted by Gasteiger charge is -2.08. The number of hydrogen-bond donors (Lipinski definition) is 0. The van der Waals surface area contributed by atoms with Crippen molar-refractivity contribution >= 4 is 33.7 Å². The van der Waals surface area contributed by atoms with Gasteiger partial charge in [0.1, 0.15) is 5.75 Å². The minimum absolute atomic E-state index is 0.500. The fourth-order valence-corrected chi connectivity index (χ4v) is 1.84. The molecular formula is C14H11ClO2. The van der Waals surface area contributed by atoms with Crippen LogP contribution < -0.4 is 4.74 Å². The third-order valence-electron chi connectivity index (χ3n) is 2.53. The van der Waals surface area contributed by atoms with E-state index < -0.39 is 5.24 Å². The minimum Gasteiger partial charge on any atom is -0.496 e. The zero-order valence-corrected chi connectivity index (χ0v) is 10.1. The van der Waals surface area contributed by atoms with Crippen molar-refractivity contribution < 1.29 is 9.53 Å². The van der Waals surface area contributed by atoms with E-state index in [0.717, 1.165) is 22.1 Å². The van der Waals surface area contributed by atoms with Gasteiger partial charge in [0, 0.05) is 5.56 Å². The van der Waals surface area contributed by atoms with Crippen molar-refractivity contribution in [3.8, 4) is 5.75 Å². The van der Waals surface area contributed by atoms with E-state index >= 15 is 0 Å². The fourth-order valence-electron chi connectivity index (χ4n) is 1.77. The lowest BCUT2D eigenvalue weighted by atomic mass is 10.0. The van der Waals surface area contributed by atoms with Crippen LogP contribution in [0.15, 0.2) is 42.5 Å². The number of carbonyl (C=O) groups excluding carboxylic acids is 1. The molecule has 0 aliphatic rings. The van der Waals surface area contributed by atoms with Gasteiger partial charge in [0.2, 0.25) is 5.24 Å². The molecule has 0 N–H and O–H groups in total. The van der Waals surface area contributed by atoms with Crippen LogP contribution in [0.5, 0.6) is 5.75 Å². The summed E-state index contributed by atoms with van der Waals surface area (Å²) in [5.74, 6) is 0.720. The highest BCUT2D eigenvalue weighted by Crippen LogP contribution is 2.29. The monoisotopic (exact) mass is 246 g/mol. The average Bonchev–Trinajstić information content (AvgIpc) is 2.35. The molecule has 0 atom stereocenters. The van der Waals surface area contributed by atoms with Gasteiger partial charge < -0.3 is 4.74 Å². The maximum atomic E-state index is 10.8. The maximum Gasteiger partial charge on any atom is 0.245 e. The standard InChI is InChI=1S/C14H11ClO2/c1-17-13-8-6-10-4-2-3-5-11(10)12(13)7-9-14(15)16/h2-9H,1H3/b9-7+. The summed E-state index contributed by atoms with van der Waals surface area (Å²) in [6.07, 6.45) is 3.00. The topological polar surface area (TPSA) is 26.3 Å². The molecule has 0 unspecified atom stereocenters. The summed E-state index contributed by atoms with van der Waals surface area (Å²) in [6.45, 7) is 0. The van der Waals surface area contributed by atoms with Crippen molar-refractivity contribution in [1.29, 1.82) is 0 Å². The number of carbonyl (C=O) groups is 1. The highest BCUT2D eigenvalue weighted by Gasteiger charge is 2.05. The van der Waals surface area contributed by atoms with Crippen LogP contribution in [0.2, 0.25) is 0 Å². The Morgan fingerprint density at radius 3 is 2.71 bits per heavy atom. The molecule has 0 saturated carbocycles. The first-order chi connectivity index (χ1) is 8.22. The van der Waals surface area contributed by atoms with Gasteiger partial charge >= 0.3 is 0 Å². The van der Waals surface area contributed by atoms with Crippen LogP contribution in [-0.4, -0.2) is 12.4 Å². The molecule has 0 fully saturated rings. The summed E-state index contributed by atoms with van der Waals surface area (Å²) in [5, 5.41) is 1.62. The Morgan fingerprint density at radius 2 is 2.00 bits per heavy atom. The zero-order valence-electron chi connectivity index (χ0n) is 9.31. The molecule has 0 heterocycles. The molecule has 3 heteroatoms. The largest absolute Gasteiger partial charge is 0.496 e. The highest BCUT2D eigenvalue weighted by atomic mass is 35.5. The van der Waals surface area contributed by atoms with E-state index in [1.807, 2.05) is 36.4 Å². The lowest BCUT2D eigenvalue weighted by molar-refractivity contribution is -0.107. The molecule has 0 aliphatic heterocycles. The molecule has 0 saturated heterocycles. The first-order valence-corrected chi connectivity index (χ1v) is 5.53. The van der Waals surface area contributed by atoms with Gasteiger partial charge in [0.15, 0.2) is 0 Å². The Bertz CT molecular complexity index is 588. The van der Waals surface area contributed by atoms with Crippen LogP contribution in [0.1, 0.15) is 5.56 Å². The molecule has 0 aliphatic carbocycles. The molecule has 2 aromatic carbocycles. The van der Waals surface area contributed by atoms with Crippen LogP contribution >= 0.6 is 11.6 Å². The van der Waals surface area contributed by atoms with Gasteiger partial charge in [-0.1, -0.05) is 30.3 Å². The number of methoxy groups -OCH3 is 1. The van der Waals surface area contributed by atoms with E-state index in [4.69, 9.17) is 16.3 Å². The number of rotatable bonds is 3. The summed E-state index contributed by atoms with van der Waals surface area (Å²) < 4.78 is 5.28. The van der Waals surface area contributed by atoms with Crippen molar-refractivity contribution in [1.82, 2.24) is 0 Å². The summed E-state index contributed by atoms with van der Waals surface area (Å²) in [4.78, 5) is 10.8. The van der Waals surface area contributed by atoms with Crippen molar-refractivity contribution in [2.45, 2.75) is 0 Å². The summed E-state index contributed by atoms with van der Waals surface area (Å²) in [7, 11) is 1.60. The smallest absolute Gasteiger partial charge is 0.245 e. The van der Waals surface area contributed by atoms with E-state index in [9.17, 15) is 4.79 Å². The molecule has 0 spiro atoms. The third-order valence-corrected chi connectivity index (χ3v) is 2.66. The number of fused-ring (bicyclic) bond motifs is 1. The van der Waals surface area contributed by atoms with E-state index in [1.165, 1.54) is 6.08 Å². The Labute approximate surface area is 104 Å². The zero-order chi connectivity index (χ0) is 12.3. The molecule has 17 heavy (non-hydrogen) atoms. The molecule has 0 aromatic heterocycles. The van der Waals surface area contributed by atoms with E-state index in [0.29, 0.717) is 0 Å². The Hall–Kier alpha value is -1.80. The van der Waals surface area contributed by atoms with Crippen molar-refractivity contribution in [2.75, 3.05) is 7.11 Å². The number of halogens is 1. The van der Waals surface area contributed by atoms with Crippen molar-refractivity contribution in [3.63, 3.8) is 0 Å². The highest BCUT2D eigenvalue weighted by molar-refractivity contribution is 6.66. The van der Waals surface area contributed by atoms with Crippen LogP contribution in [0.3, 0.4) is 0 Å². The van der Waals surface area contributed by atoms with Crippen molar-refractivity contribution in [2.24, 2.45) is 0 Å². The predicted octanol–water partition coefficient (Wildman–Crippen LogP) is 3.63. The minimum atomic E-state index is -0.500. The van der Waals surface area contributed by atoms with Crippen LogP contribution in [0, 0.1) is 0 Å².